The molecule has 3 aromatic rings. The van der Waals surface area contributed by atoms with Gasteiger partial charge in [-0.2, -0.15) is 0 Å². The molecule has 0 aromatic heterocycles. The molecule has 5 nitrogen and oxygen atoms in total. The van der Waals surface area contributed by atoms with Gasteiger partial charge in [-0.25, -0.2) is 8.78 Å². The van der Waals surface area contributed by atoms with Crippen LogP contribution in [0.4, 0.5) is 8.78 Å². The summed E-state index contributed by atoms with van der Waals surface area (Å²) in [5, 5.41) is 14.9. The van der Waals surface area contributed by atoms with Crippen LogP contribution < -0.4 is 10.6 Å². The van der Waals surface area contributed by atoms with Crippen LogP contribution in [0.15, 0.2) is 84.6 Å². The van der Waals surface area contributed by atoms with E-state index >= 15 is 0 Å². The van der Waals surface area contributed by atoms with Crippen molar-refractivity contribution < 1.29 is 23.5 Å². The number of hydrogen-bond acceptors (Lipinski definition) is 3. The Hall–Kier alpha value is -3.36. The summed E-state index contributed by atoms with van der Waals surface area (Å²) in [6, 6.07) is 19.9. The van der Waals surface area contributed by atoms with Gasteiger partial charge >= 0.3 is 0 Å². The third kappa shape index (κ3) is 6.57. The van der Waals surface area contributed by atoms with Gasteiger partial charge in [-0.3, -0.25) is 9.59 Å². The van der Waals surface area contributed by atoms with Crippen LogP contribution >= 0.6 is 15.9 Å². The third-order valence-corrected chi connectivity index (χ3v) is 5.62. The van der Waals surface area contributed by atoms with Crippen molar-refractivity contribution in [1.82, 2.24) is 10.6 Å². The minimum absolute atomic E-state index is 0.179. The average molecular weight is 515 g/mol. The number of benzene rings is 3. The Kier molecular flexibility index (Phi) is 8.46. The number of carbonyl (C=O) groups is 2. The van der Waals surface area contributed by atoms with Crippen LogP contribution in [0.3, 0.4) is 0 Å². The highest BCUT2D eigenvalue weighted by Gasteiger charge is 2.23. The molecule has 170 valence electrons. The van der Waals surface area contributed by atoms with Crippen LogP contribution in [0, 0.1) is 11.6 Å². The van der Waals surface area contributed by atoms with Crippen molar-refractivity contribution in [3.63, 3.8) is 0 Å². The highest BCUT2D eigenvalue weighted by molar-refractivity contribution is 9.15. The first-order valence-corrected chi connectivity index (χ1v) is 10.9. The molecular formula is C25H21BrF2N2O3. The lowest BCUT2D eigenvalue weighted by atomic mass is 10.1. The lowest BCUT2D eigenvalue weighted by Gasteiger charge is -2.19. The average Bonchev–Trinajstić information content (AvgIpc) is 2.82. The van der Waals surface area contributed by atoms with Gasteiger partial charge in [0.05, 0.1) is 22.7 Å². The molecule has 0 bridgehead atoms. The standard InChI is InChI=1S/C25H21BrF2N2O3/c26-22(17-9-5-2-6-10-17)23(30-24(32)20-12-11-18(27)14-21(20)28)25(33)29-19(15-31)13-16-7-3-1-4-8-16/h1-12,14,19,31H,13,15H2,(H,29,33)(H,30,32)/b23-22-/t19-/m0/s1. The second-order valence-corrected chi connectivity index (χ2v) is 7.97. The van der Waals surface area contributed by atoms with E-state index in [9.17, 15) is 23.5 Å². The monoisotopic (exact) mass is 514 g/mol. The number of nitrogens with one attached hydrogen (secondary N) is 2. The van der Waals surface area contributed by atoms with E-state index in [1.54, 1.807) is 30.3 Å². The van der Waals surface area contributed by atoms with Gasteiger partial charge in [0.1, 0.15) is 17.3 Å². The fourth-order valence-electron chi connectivity index (χ4n) is 3.11. The summed E-state index contributed by atoms with van der Waals surface area (Å²) in [5.41, 5.74) is 0.896. The van der Waals surface area contributed by atoms with Crippen molar-refractivity contribution >= 4 is 32.2 Å². The number of halogens is 3. The number of amides is 2. The molecule has 0 saturated carbocycles. The van der Waals surface area contributed by atoms with E-state index in [0.717, 1.165) is 17.7 Å². The third-order valence-electron chi connectivity index (χ3n) is 4.77. The van der Waals surface area contributed by atoms with Gasteiger partial charge in [0.15, 0.2) is 0 Å². The molecule has 3 rings (SSSR count). The molecule has 3 N–H and O–H groups in total. The van der Waals surface area contributed by atoms with Crippen molar-refractivity contribution in [3.8, 4) is 0 Å². The topological polar surface area (TPSA) is 78.4 Å². The molecule has 0 spiro atoms. The Morgan fingerprint density at radius 2 is 1.58 bits per heavy atom. The molecule has 0 aliphatic rings. The number of carbonyl (C=O) groups excluding carboxylic acids is 2. The zero-order chi connectivity index (χ0) is 23.8. The van der Waals surface area contributed by atoms with Crippen LogP contribution in [0.25, 0.3) is 4.48 Å². The molecule has 3 aromatic carbocycles. The van der Waals surface area contributed by atoms with Gasteiger partial charge in [-0.15, -0.1) is 0 Å². The number of hydrogen-bond donors (Lipinski definition) is 3. The summed E-state index contributed by atoms with van der Waals surface area (Å²) in [4.78, 5) is 25.9. The number of aliphatic hydroxyl groups is 1. The van der Waals surface area contributed by atoms with Gasteiger partial charge in [-0.05, 0) is 45.6 Å². The van der Waals surface area contributed by atoms with Crippen LogP contribution in [-0.4, -0.2) is 29.6 Å². The van der Waals surface area contributed by atoms with Crippen LogP contribution in [-0.2, 0) is 11.2 Å². The molecule has 0 radical (unpaired) electrons. The summed E-state index contributed by atoms with van der Waals surface area (Å²) in [7, 11) is 0. The zero-order valence-electron chi connectivity index (χ0n) is 17.4. The lowest BCUT2D eigenvalue weighted by molar-refractivity contribution is -0.118. The minimum Gasteiger partial charge on any atom is -0.394 e. The van der Waals surface area contributed by atoms with E-state index in [2.05, 4.69) is 26.6 Å². The predicted octanol–water partition coefficient (Wildman–Crippen LogP) is 4.18. The number of aliphatic hydroxyl groups excluding tert-OH is 1. The van der Waals surface area contributed by atoms with Gasteiger partial charge < -0.3 is 15.7 Å². The molecule has 0 fully saturated rings. The van der Waals surface area contributed by atoms with E-state index in [0.29, 0.717) is 18.1 Å². The highest BCUT2D eigenvalue weighted by atomic mass is 79.9. The lowest BCUT2D eigenvalue weighted by Crippen LogP contribution is -2.43. The molecule has 2 amide bonds. The largest absolute Gasteiger partial charge is 0.394 e. The Morgan fingerprint density at radius 1 is 0.939 bits per heavy atom. The highest BCUT2D eigenvalue weighted by Crippen LogP contribution is 2.25. The summed E-state index contributed by atoms with van der Waals surface area (Å²) < 4.78 is 27.6. The van der Waals surface area contributed by atoms with Gasteiger partial charge in [0, 0.05) is 6.07 Å². The first kappa shape index (κ1) is 24.3. The molecule has 33 heavy (non-hydrogen) atoms. The summed E-state index contributed by atoms with van der Waals surface area (Å²) in [5.74, 6) is -3.49. The predicted molar refractivity (Wildman–Crippen MR) is 125 cm³/mol. The van der Waals surface area contributed by atoms with Gasteiger partial charge in [-0.1, -0.05) is 60.7 Å². The molecule has 0 aliphatic heterocycles. The fourth-order valence-corrected chi connectivity index (χ4v) is 3.66. The Bertz CT molecular complexity index is 1150. The van der Waals surface area contributed by atoms with Crippen molar-refractivity contribution in [3.05, 3.63) is 113 Å². The minimum atomic E-state index is -1.06. The van der Waals surface area contributed by atoms with Crippen LogP contribution in [0.1, 0.15) is 21.5 Å². The molecule has 0 heterocycles. The van der Waals surface area contributed by atoms with Crippen molar-refractivity contribution in [2.45, 2.75) is 12.5 Å². The summed E-state index contributed by atoms with van der Waals surface area (Å²) in [6.45, 7) is -0.336. The zero-order valence-corrected chi connectivity index (χ0v) is 19.0. The summed E-state index contributed by atoms with van der Waals surface area (Å²) >= 11 is 3.35. The molecular weight excluding hydrogens is 494 g/mol. The van der Waals surface area contributed by atoms with E-state index in [-0.39, 0.29) is 16.8 Å². The normalized spacial score (nSPS) is 12.5. The first-order valence-electron chi connectivity index (χ1n) is 10.1. The van der Waals surface area contributed by atoms with Crippen molar-refractivity contribution in [2.24, 2.45) is 0 Å². The molecule has 0 unspecified atom stereocenters. The van der Waals surface area contributed by atoms with E-state index < -0.39 is 35.1 Å². The molecule has 0 aliphatic carbocycles. The summed E-state index contributed by atoms with van der Waals surface area (Å²) in [6.07, 6.45) is 0.361. The Balaban J connectivity index is 1.89. The van der Waals surface area contributed by atoms with Crippen LogP contribution in [0.5, 0.6) is 0 Å². The molecule has 1 atom stereocenters. The van der Waals surface area contributed by atoms with E-state index in [4.69, 9.17) is 0 Å². The maximum atomic E-state index is 14.1. The Labute approximate surface area is 198 Å². The van der Waals surface area contributed by atoms with Gasteiger partial charge in [0.2, 0.25) is 0 Å². The van der Waals surface area contributed by atoms with Gasteiger partial charge in [0.25, 0.3) is 11.8 Å². The van der Waals surface area contributed by atoms with Crippen LogP contribution in [0.2, 0.25) is 0 Å². The maximum Gasteiger partial charge on any atom is 0.269 e. The first-order chi connectivity index (χ1) is 15.9. The smallest absolute Gasteiger partial charge is 0.269 e. The molecule has 0 saturated heterocycles. The van der Waals surface area contributed by atoms with E-state index in [1.165, 1.54) is 0 Å². The van der Waals surface area contributed by atoms with E-state index in [1.807, 2.05) is 30.3 Å². The second-order valence-electron chi connectivity index (χ2n) is 7.18. The fraction of sp³-hybridized carbons (Fsp3) is 0.120. The quantitative estimate of drug-likeness (QED) is 0.394. The SMILES string of the molecule is O=C(N[C@H](CO)Cc1ccccc1)/C(NC(=O)c1ccc(F)cc1F)=C(/Br)c1ccccc1. The Morgan fingerprint density at radius 3 is 2.18 bits per heavy atom. The van der Waals surface area contributed by atoms with Crippen molar-refractivity contribution in [2.75, 3.05) is 6.61 Å². The molecule has 8 heteroatoms. The second kappa shape index (κ2) is 11.5. The maximum absolute atomic E-state index is 14.1. The number of rotatable bonds is 8. The van der Waals surface area contributed by atoms with Crippen molar-refractivity contribution in [1.29, 1.82) is 0 Å².